The van der Waals surface area contributed by atoms with Crippen LogP contribution < -0.4 is 0 Å². The molecule has 1 unspecified atom stereocenters. The molecule has 1 saturated carbocycles. The fraction of sp³-hybridized carbons (Fsp3) is 0.692. The Morgan fingerprint density at radius 2 is 1.79 bits per heavy atom. The minimum absolute atomic E-state index is 0.285. The normalized spacial score (nSPS) is 30.7. The molecule has 0 N–H and O–H groups in total. The smallest absolute Gasteiger partial charge is 0.0849 e. The first-order valence-corrected chi connectivity index (χ1v) is 5.77. The molecule has 0 aromatic rings. The van der Waals surface area contributed by atoms with E-state index in [-0.39, 0.29) is 6.10 Å². The monoisotopic (exact) mass is 192 g/mol. The van der Waals surface area contributed by atoms with Crippen LogP contribution in [0.5, 0.6) is 0 Å². The van der Waals surface area contributed by atoms with Crippen LogP contribution in [-0.2, 0) is 4.74 Å². The van der Waals surface area contributed by atoms with Crippen LogP contribution >= 0.6 is 0 Å². The standard InChI is InChI=1S/C13H20O/c1-10-6-5-9-14-13(11(10)2)12-7-3-4-8-12/h12-13H,1-9H2. The molecule has 1 aliphatic heterocycles. The number of rotatable bonds is 1. The van der Waals surface area contributed by atoms with Crippen LogP contribution in [0, 0.1) is 5.92 Å². The Hall–Kier alpha value is -0.560. The Labute approximate surface area is 86.8 Å². The zero-order valence-corrected chi connectivity index (χ0v) is 8.93. The molecule has 1 heterocycles. The highest BCUT2D eigenvalue weighted by atomic mass is 16.5. The third-order valence-corrected chi connectivity index (χ3v) is 3.55. The Morgan fingerprint density at radius 1 is 1.07 bits per heavy atom. The van der Waals surface area contributed by atoms with Gasteiger partial charge in [-0.05, 0) is 42.7 Å². The van der Waals surface area contributed by atoms with Crippen molar-refractivity contribution in [3.8, 4) is 0 Å². The molecule has 1 nitrogen and oxygen atoms in total. The van der Waals surface area contributed by atoms with Crippen LogP contribution in [0.15, 0.2) is 24.3 Å². The van der Waals surface area contributed by atoms with Gasteiger partial charge in [0.1, 0.15) is 0 Å². The molecule has 2 rings (SSSR count). The van der Waals surface area contributed by atoms with Crippen molar-refractivity contribution < 1.29 is 4.74 Å². The predicted molar refractivity (Wildman–Crippen MR) is 59.2 cm³/mol. The van der Waals surface area contributed by atoms with Crippen LogP contribution in [0.2, 0.25) is 0 Å². The lowest BCUT2D eigenvalue weighted by atomic mass is 9.90. The van der Waals surface area contributed by atoms with Gasteiger partial charge in [0.05, 0.1) is 6.10 Å². The summed E-state index contributed by atoms with van der Waals surface area (Å²) in [6, 6.07) is 0. The lowest BCUT2D eigenvalue weighted by Gasteiger charge is -2.24. The third kappa shape index (κ3) is 1.93. The molecule has 1 heteroatoms. The van der Waals surface area contributed by atoms with Crippen LogP contribution in [0.3, 0.4) is 0 Å². The predicted octanol–water partition coefficient (Wildman–Crippen LogP) is 3.47. The third-order valence-electron chi connectivity index (χ3n) is 3.55. The zero-order chi connectivity index (χ0) is 9.97. The van der Waals surface area contributed by atoms with Crippen molar-refractivity contribution in [3.63, 3.8) is 0 Å². The van der Waals surface area contributed by atoms with Gasteiger partial charge in [0, 0.05) is 6.61 Å². The summed E-state index contributed by atoms with van der Waals surface area (Å²) in [6.45, 7) is 9.14. The van der Waals surface area contributed by atoms with Gasteiger partial charge in [-0.15, -0.1) is 0 Å². The lowest BCUT2D eigenvalue weighted by molar-refractivity contribution is 0.0455. The highest BCUT2D eigenvalue weighted by Gasteiger charge is 2.29. The number of ether oxygens (including phenoxy) is 1. The second kappa shape index (κ2) is 4.31. The largest absolute Gasteiger partial charge is 0.373 e. The summed E-state index contributed by atoms with van der Waals surface area (Å²) in [5.41, 5.74) is 2.40. The Kier molecular flexibility index (Phi) is 3.07. The fourth-order valence-electron chi connectivity index (χ4n) is 2.64. The summed E-state index contributed by atoms with van der Waals surface area (Å²) in [5.74, 6) is 0.720. The maximum absolute atomic E-state index is 5.91. The van der Waals surface area contributed by atoms with Gasteiger partial charge in [-0.3, -0.25) is 0 Å². The van der Waals surface area contributed by atoms with Crippen molar-refractivity contribution in [1.82, 2.24) is 0 Å². The highest BCUT2D eigenvalue weighted by Crippen LogP contribution is 2.36. The average Bonchev–Trinajstić information content (AvgIpc) is 2.64. The zero-order valence-electron chi connectivity index (χ0n) is 8.93. The fourth-order valence-corrected chi connectivity index (χ4v) is 2.64. The molecule has 1 saturated heterocycles. The summed E-state index contributed by atoms with van der Waals surface area (Å²) in [6.07, 6.45) is 7.83. The van der Waals surface area contributed by atoms with E-state index in [0.717, 1.165) is 25.4 Å². The molecule has 1 aliphatic carbocycles. The van der Waals surface area contributed by atoms with E-state index in [2.05, 4.69) is 13.2 Å². The van der Waals surface area contributed by atoms with Crippen molar-refractivity contribution in [1.29, 1.82) is 0 Å². The minimum atomic E-state index is 0.285. The Morgan fingerprint density at radius 3 is 2.50 bits per heavy atom. The number of hydrogen-bond acceptors (Lipinski definition) is 1. The van der Waals surface area contributed by atoms with Gasteiger partial charge in [-0.1, -0.05) is 26.0 Å². The van der Waals surface area contributed by atoms with Gasteiger partial charge >= 0.3 is 0 Å². The molecule has 0 amide bonds. The maximum atomic E-state index is 5.91. The molecule has 0 radical (unpaired) electrons. The molecular formula is C13H20O. The SMILES string of the molecule is C=C1CCCOC(C2CCCC2)C1=C. The van der Waals surface area contributed by atoms with Gasteiger partial charge < -0.3 is 4.74 Å². The molecule has 0 bridgehead atoms. The molecule has 0 spiro atoms. The molecular weight excluding hydrogens is 172 g/mol. The first-order chi connectivity index (χ1) is 6.79. The second-order valence-corrected chi connectivity index (χ2v) is 4.57. The molecule has 1 atom stereocenters. The van der Waals surface area contributed by atoms with E-state index >= 15 is 0 Å². The summed E-state index contributed by atoms with van der Waals surface area (Å²) in [7, 11) is 0. The van der Waals surface area contributed by atoms with Gasteiger partial charge in [-0.2, -0.15) is 0 Å². The van der Waals surface area contributed by atoms with Crippen molar-refractivity contribution in [3.05, 3.63) is 24.3 Å². The van der Waals surface area contributed by atoms with E-state index < -0.39 is 0 Å². The van der Waals surface area contributed by atoms with Gasteiger partial charge in [0.2, 0.25) is 0 Å². The second-order valence-electron chi connectivity index (χ2n) is 4.57. The highest BCUT2D eigenvalue weighted by molar-refractivity contribution is 5.30. The van der Waals surface area contributed by atoms with E-state index in [1.54, 1.807) is 0 Å². The number of hydrogen-bond donors (Lipinski definition) is 0. The van der Waals surface area contributed by atoms with Crippen molar-refractivity contribution in [2.45, 2.75) is 44.6 Å². The topological polar surface area (TPSA) is 9.23 Å². The van der Waals surface area contributed by atoms with Crippen molar-refractivity contribution in [2.24, 2.45) is 5.92 Å². The van der Waals surface area contributed by atoms with Crippen LogP contribution in [0.1, 0.15) is 38.5 Å². The van der Waals surface area contributed by atoms with E-state index in [1.165, 1.54) is 36.8 Å². The van der Waals surface area contributed by atoms with E-state index in [1.807, 2.05) is 0 Å². The average molecular weight is 192 g/mol. The summed E-state index contributed by atoms with van der Waals surface area (Å²) >= 11 is 0. The Balaban J connectivity index is 2.07. The molecule has 2 fully saturated rings. The summed E-state index contributed by atoms with van der Waals surface area (Å²) in [5, 5.41) is 0. The van der Waals surface area contributed by atoms with Crippen LogP contribution in [0.4, 0.5) is 0 Å². The van der Waals surface area contributed by atoms with E-state index in [0.29, 0.717) is 0 Å². The summed E-state index contributed by atoms with van der Waals surface area (Å²) < 4.78 is 5.91. The van der Waals surface area contributed by atoms with E-state index in [4.69, 9.17) is 4.74 Å². The summed E-state index contributed by atoms with van der Waals surface area (Å²) in [4.78, 5) is 0. The first-order valence-electron chi connectivity index (χ1n) is 5.77. The maximum Gasteiger partial charge on any atom is 0.0849 e. The van der Waals surface area contributed by atoms with Crippen molar-refractivity contribution >= 4 is 0 Å². The molecule has 0 aromatic heterocycles. The van der Waals surface area contributed by atoms with Crippen LogP contribution in [-0.4, -0.2) is 12.7 Å². The van der Waals surface area contributed by atoms with Gasteiger partial charge in [0.25, 0.3) is 0 Å². The van der Waals surface area contributed by atoms with Gasteiger partial charge in [-0.25, -0.2) is 0 Å². The first kappa shape index (κ1) is 9.97. The van der Waals surface area contributed by atoms with Crippen molar-refractivity contribution in [2.75, 3.05) is 6.61 Å². The quantitative estimate of drug-likeness (QED) is 0.618. The molecule has 14 heavy (non-hydrogen) atoms. The van der Waals surface area contributed by atoms with Gasteiger partial charge in [0.15, 0.2) is 0 Å². The van der Waals surface area contributed by atoms with E-state index in [9.17, 15) is 0 Å². The van der Waals surface area contributed by atoms with Crippen LogP contribution in [0.25, 0.3) is 0 Å². The Bertz CT molecular complexity index is 236. The molecule has 0 aromatic carbocycles. The molecule has 78 valence electrons. The lowest BCUT2D eigenvalue weighted by Crippen LogP contribution is -2.23. The molecule has 2 aliphatic rings. The minimum Gasteiger partial charge on any atom is -0.373 e.